The summed E-state index contributed by atoms with van der Waals surface area (Å²) in [7, 11) is -3.52. The quantitative estimate of drug-likeness (QED) is 0.796. The Morgan fingerprint density at radius 3 is 2.85 bits per heavy atom. The van der Waals surface area contributed by atoms with E-state index in [0.29, 0.717) is 35.3 Å². The number of rotatable bonds is 6. The predicted octanol–water partition coefficient (Wildman–Crippen LogP) is 2.96. The average Bonchev–Trinajstić information content (AvgIpc) is 3.16. The number of hydrogen-bond donors (Lipinski definition) is 1. The number of thiophene rings is 1. The smallest absolute Gasteiger partial charge is 0.252 e. The second-order valence-electron chi connectivity index (χ2n) is 7.36. The molecular formula is C18H24N4O3S2. The predicted molar refractivity (Wildman–Crippen MR) is 104 cm³/mol. The van der Waals surface area contributed by atoms with Crippen LogP contribution in [0.5, 0.6) is 0 Å². The van der Waals surface area contributed by atoms with Gasteiger partial charge in [0.05, 0.1) is 18.2 Å². The van der Waals surface area contributed by atoms with Crippen LogP contribution in [0.1, 0.15) is 38.6 Å². The first kappa shape index (κ1) is 18.6. The van der Waals surface area contributed by atoms with E-state index >= 15 is 0 Å². The number of piperidine rings is 1. The summed E-state index contributed by atoms with van der Waals surface area (Å²) in [4.78, 5) is 12.8. The number of aromatic nitrogens is 2. The fourth-order valence-corrected chi connectivity index (χ4v) is 6.33. The Kier molecular flexibility index (Phi) is 5.09. The normalized spacial score (nSPS) is 22.5. The van der Waals surface area contributed by atoms with Gasteiger partial charge in [0, 0.05) is 19.2 Å². The van der Waals surface area contributed by atoms with Gasteiger partial charge in [-0.05, 0) is 50.0 Å². The Morgan fingerprint density at radius 2 is 2.15 bits per heavy atom. The lowest BCUT2D eigenvalue weighted by atomic mass is 9.99. The molecule has 2 aromatic heterocycles. The second kappa shape index (κ2) is 7.37. The van der Waals surface area contributed by atoms with Crippen molar-refractivity contribution in [2.24, 2.45) is 11.8 Å². The van der Waals surface area contributed by atoms with Crippen molar-refractivity contribution in [3.63, 3.8) is 0 Å². The van der Waals surface area contributed by atoms with Gasteiger partial charge in [-0.15, -0.1) is 11.3 Å². The maximum absolute atomic E-state index is 12.8. The number of hydrogen-bond acceptors (Lipinski definition) is 5. The molecule has 2 atom stereocenters. The van der Waals surface area contributed by atoms with Crippen molar-refractivity contribution in [3.8, 4) is 0 Å². The maximum Gasteiger partial charge on any atom is 0.252 e. The van der Waals surface area contributed by atoms with Crippen LogP contribution in [0.4, 0.5) is 5.82 Å². The van der Waals surface area contributed by atoms with Crippen molar-refractivity contribution < 1.29 is 13.2 Å². The average molecular weight is 409 g/mol. The third kappa shape index (κ3) is 3.81. The molecule has 146 valence electrons. The highest BCUT2D eigenvalue weighted by atomic mass is 32.2. The summed E-state index contributed by atoms with van der Waals surface area (Å²) in [6.07, 6.45) is 5.47. The van der Waals surface area contributed by atoms with E-state index in [0.717, 1.165) is 0 Å². The van der Waals surface area contributed by atoms with Crippen molar-refractivity contribution in [1.82, 2.24) is 14.1 Å². The molecule has 2 aliphatic rings. The third-order valence-electron chi connectivity index (χ3n) is 5.46. The highest BCUT2D eigenvalue weighted by Crippen LogP contribution is 2.40. The van der Waals surface area contributed by atoms with Crippen molar-refractivity contribution in [2.45, 2.75) is 42.9 Å². The summed E-state index contributed by atoms with van der Waals surface area (Å²) in [6.45, 7) is 2.80. The van der Waals surface area contributed by atoms with E-state index in [1.807, 2.05) is 4.68 Å². The number of carbonyl (C=O) groups excluding carboxylic acids is 1. The topological polar surface area (TPSA) is 84.3 Å². The van der Waals surface area contributed by atoms with Crippen LogP contribution in [0.25, 0.3) is 0 Å². The molecule has 2 fully saturated rings. The molecule has 1 aliphatic carbocycles. The SMILES string of the molecule is CC(C1CC1)n1nccc1NC(=O)C1CCCN(S(=O)(=O)c2cccs2)C1. The van der Waals surface area contributed by atoms with E-state index in [4.69, 9.17) is 0 Å². The van der Waals surface area contributed by atoms with E-state index in [9.17, 15) is 13.2 Å². The second-order valence-corrected chi connectivity index (χ2v) is 10.5. The Labute approximate surface area is 163 Å². The highest BCUT2D eigenvalue weighted by molar-refractivity contribution is 7.91. The van der Waals surface area contributed by atoms with Gasteiger partial charge in [0.1, 0.15) is 10.0 Å². The zero-order valence-corrected chi connectivity index (χ0v) is 16.9. The lowest BCUT2D eigenvalue weighted by Gasteiger charge is -2.30. The van der Waals surface area contributed by atoms with E-state index in [1.165, 1.54) is 28.5 Å². The molecule has 1 saturated heterocycles. The van der Waals surface area contributed by atoms with Crippen molar-refractivity contribution >= 4 is 33.1 Å². The maximum atomic E-state index is 12.8. The molecule has 3 heterocycles. The lowest BCUT2D eigenvalue weighted by molar-refractivity contribution is -0.120. The number of nitrogens with one attached hydrogen (secondary N) is 1. The number of nitrogens with zero attached hydrogens (tertiary/aromatic N) is 3. The molecule has 1 N–H and O–H groups in total. The monoisotopic (exact) mass is 408 g/mol. The van der Waals surface area contributed by atoms with Crippen molar-refractivity contribution in [1.29, 1.82) is 0 Å². The number of amides is 1. The largest absolute Gasteiger partial charge is 0.311 e. The van der Waals surface area contributed by atoms with Crippen LogP contribution in [0.2, 0.25) is 0 Å². The molecule has 1 aliphatic heterocycles. The van der Waals surface area contributed by atoms with Gasteiger partial charge < -0.3 is 5.32 Å². The summed E-state index contributed by atoms with van der Waals surface area (Å²) >= 11 is 1.21. The Hall–Kier alpha value is -1.71. The standard InChI is InChI=1S/C18H24N4O3S2/c1-13(14-6-7-14)22-16(8-9-19-22)20-18(23)15-4-2-10-21(12-15)27(24,25)17-5-3-11-26-17/h3,5,8-9,11,13-15H,2,4,6-7,10,12H2,1H3,(H,20,23). The summed E-state index contributed by atoms with van der Waals surface area (Å²) in [6, 6.07) is 5.41. The van der Waals surface area contributed by atoms with E-state index in [-0.39, 0.29) is 24.4 Å². The van der Waals surface area contributed by atoms with Crippen LogP contribution < -0.4 is 5.32 Å². The van der Waals surface area contributed by atoms with Crippen LogP contribution in [0, 0.1) is 11.8 Å². The van der Waals surface area contributed by atoms with E-state index in [1.54, 1.807) is 29.8 Å². The molecule has 2 aromatic rings. The van der Waals surface area contributed by atoms with Gasteiger partial charge >= 0.3 is 0 Å². The highest BCUT2D eigenvalue weighted by Gasteiger charge is 2.35. The van der Waals surface area contributed by atoms with E-state index in [2.05, 4.69) is 17.3 Å². The molecule has 0 radical (unpaired) electrons. The van der Waals surface area contributed by atoms with Crippen LogP contribution in [0.15, 0.2) is 34.0 Å². The minimum atomic E-state index is -3.52. The third-order valence-corrected chi connectivity index (χ3v) is 8.69. The van der Waals surface area contributed by atoms with Gasteiger partial charge in [0.2, 0.25) is 5.91 Å². The van der Waals surface area contributed by atoms with Crippen molar-refractivity contribution in [2.75, 3.05) is 18.4 Å². The van der Waals surface area contributed by atoms with Gasteiger partial charge in [0.15, 0.2) is 0 Å². The molecule has 1 amide bonds. The summed E-state index contributed by atoms with van der Waals surface area (Å²) in [5, 5.41) is 9.09. The first-order chi connectivity index (χ1) is 13.0. The molecule has 7 nitrogen and oxygen atoms in total. The number of sulfonamides is 1. The number of carbonyl (C=O) groups is 1. The zero-order valence-electron chi connectivity index (χ0n) is 15.2. The first-order valence-corrected chi connectivity index (χ1v) is 11.7. The fourth-order valence-electron chi connectivity index (χ4n) is 3.66. The summed E-state index contributed by atoms with van der Waals surface area (Å²) in [5.41, 5.74) is 0. The molecule has 2 unspecified atom stereocenters. The van der Waals surface area contributed by atoms with Crippen LogP contribution >= 0.6 is 11.3 Å². The molecule has 27 heavy (non-hydrogen) atoms. The molecule has 0 bridgehead atoms. The van der Waals surface area contributed by atoms with Crippen molar-refractivity contribution in [3.05, 3.63) is 29.8 Å². The van der Waals surface area contributed by atoms with E-state index < -0.39 is 10.0 Å². The van der Waals surface area contributed by atoms with Gasteiger partial charge in [-0.2, -0.15) is 9.40 Å². The Balaban J connectivity index is 1.44. The number of anilines is 1. The van der Waals surface area contributed by atoms with Crippen LogP contribution in [-0.2, 0) is 14.8 Å². The van der Waals surface area contributed by atoms with Gasteiger partial charge in [-0.25, -0.2) is 13.1 Å². The fraction of sp³-hybridized carbons (Fsp3) is 0.556. The molecule has 1 saturated carbocycles. The summed E-state index contributed by atoms with van der Waals surface area (Å²) in [5.74, 6) is 0.832. The Morgan fingerprint density at radius 1 is 1.33 bits per heavy atom. The van der Waals surface area contributed by atoms with Crippen LogP contribution in [0.3, 0.4) is 0 Å². The minimum absolute atomic E-state index is 0.133. The van der Waals surface area contributed by atoms with Gasteiger partial charge in [0.25, 0.3) is 10.0 Å². The molecule has 0 spiro atoms. The molecule has 0 aromatic carbocycles. The van der Waals surface area contributed by atoms with Gasteiger partial charge in [-0.1, -0.05) is 6.07 Å². The Bertz CT molecular complexity index is 903. The molecule has 4 rings (SSSR count). The summed E-state index contributed by atoms with van der Waals surface area (Å²) < 4.78 is 29.1. The first-order valence-electron chi connectivity index (χ1n) is 9.35. The van der Waals surface area contributed by atoms with Crippen LogP contribution in [-0.4, -0.2) is 41.5 Å². The van der Waals surface area contributed by atoms with Gasteiger partial charge in [-0.3, -0.25) is 4.79 Å². The lowest BCUT2D eigenvalue weighted by Crippen LogP contribution is -2.43. The minimum Gasteiger partial charge on any atom is -0.311 e. The molecular weight excluding hydrogens is 384 g/mol. The molecule has 9 heteroatoms. The zero-order chi connectivity index (χ0) is 19.0.